The number of benzene rings is 1. The lowest BCUT2D eigenvalue weighted by molar-refractivity contribution is 0.318. The Morgan fingerprint density at radius 2 is 2.11 bits per heavy atom. The highest BCUT2D eigenvalue weighted by atomic mass is 16.4. The van der Waals surface area contributed by atoms with Crippen LogP contribution in [0.2, 0.25) is 0 Å². The molecule has 0 spiro atoms. The Labute approximate surface area is 112 Å². The van der Waals surface area contributed by atoms with E-state index in [4.69, 9.17) is 10.9 Å². The van der Waals surface area contributed by atoms with Gasteiger partial charge in [-0.25, -0.2) is 4.68 Å². The van der Waals surface area contributed by atoms with E-state index in [0.717, 1.165) is 16.9 Å². The van der Waals surface area contributed by atoms with Crippen molar-refractivity contribution in [3.63, 3.8) is 0 Å². The van der Waals surface area contributed by atoms with Crippen molar-refractivity contribution in [1.29, 1.82) is 0 Å². The minimum Gasteiger partial charge on any atom is -0.409 e. The Bertz CT molecular complexity index is 614. The minimum atomic E-state index is 0.0836. The number of nitrogens with two attached hydrogens (primary N) is 1. The van der Waals surface area contributed by atoms with Crippen LogP contribution in [0.3, 0.4) is 0 Å². The van der Waals surface area contributed by atoms with Gasteiger partial charge in [0, 0.05) is 11.8 Å². The van der Waals surface area contributed by atoms with Crippen LogP contribution in [0.1, 0.15) is 36.6 Å². The summed E-state index contributed by atoms with van der Waals surface area (Å²) in [5, 5.41) is 16.5. The van der Waals surface area contributed by atoms with E-state index in [1.165, 1.54) is 0 Å². The summed E-state index contributed by atoms with van der Waals surface area (Å²) in [6, 6.07) is 7.74. The van der Waals surface area contributed by atoms with Gasteiger partial charge in [-0.1, -0.05) is 30.6 Å². The van der Waals surface area contributed by atoms with Gasteiger partial charge in [0.25, 0.3) is 0 Å². The molecule has 0 atom stereocenters. The van der Waals surface area contributed by atoms with Gasteiger partial charge < -0.3 is 10.9 Å². The maximum atomic E-state index is 8.88. The predicted molar refractivity (Wildman–Crippen MR) is 74.9 cm³/mol. The summed E-state index contributed by atoms with van der Waals surface area (Å²) in [7, 11) is 0. The molecule has 1 aromatic heterocycles. The maximum absolute atomic E-state index is 8.88. The second kappa shape index (κ2) is 5.14. The third-order valence-corrected chi connectivity index (χ3v) is 2.98. The van der Waals surface area contributed by atoms with Crippen LogP contribution in [-0.2, 0) is 0 Å². The third-order valence-electron chi connectivity index (χ3n) is 2.98. The molecule has 3 N–H and O–H groups in total. The number of rotatable bonds is 3. The van der Waals surface area contributed by atoms with Gasteiger partial charge in [0.05, 0.1) is 11.4 Å². The maximum Gasteiger partial charge on any atom is 0.172 e. The molecule has 0 radical (unpaired) electrons. The van der Waals surface area contributed by atoms with Crippen LogP contribution in [-0.4, -0.2) is 20.8 Å². The number of hydrogen-bond acceptors (Lipinski definition) is 3. The van der Waals surface area contributed by atoms with Gasteiger partial charge in [0.1, 0.15) is 0 Å². The zero-order valence-electron chi connectivity index (χ0n) is 11.3. The van der Waals surface area contributed by atoms with Crippen LogP contribution >= 0.6 is 0 Å². The quantitative estimate of drug-likeness (QED) is 0.384. The molecule has 0 fully saturated rings. The normalized spacial score (nSPS) is 12.1. The summed E-state index contributed by atoms with van der Waals surface area (Å²) in [6.07, 6.45) is 1.88. The van der Waals surface area contributed by atoms with Crippen molar-refractivity contribution in [2.24, 2.45) is 10.9 Å². The minimum absolute atomic E-state index is 0.0836. The van der Waals surface area contributed by atoms with Crippen molar-refractivity contribution < 1.29 is 5.21 Å². The molecule has 0 aliphatic rings. The molecule has 0 saturated heterocycles. The smallest absolute Gasteiger partial charge is 0.172 e. The second-order valence-electron chi connectivity index (χ2n) is 4.85. The molecule has 0 amide bonds. The van der Waals surface area contributed by atoms with E-state index < -0.39 is 0 Å². The number of hydrogen-bond donors (Lipinski definition) is 2. The van der Waals surface area contributed by atoms with Gasteiger partial charge in [-0.3, -0.25) is 0 Å². The Morgan fingerprint density at radius 3 is 2.68 bits per heavy atom. The van der Waals surface area contributed by atoms with Crippen LogP contribution in [0.4, 0.5) is 0 Å². The predicted octanol–water partition coefficient (Wildman–Crippen LogP) is 2.40. The van der Waals surface area contributed by atoms with E-state index in [1.54, 1.807) is 4.68 Å². The number of oxime groups is 1. The summed E-state index contributed by atoms with van der Waals surface area (Å²) < 4.78 is 1.75. The van der Waals surface area contributed by atoms with Gasteiger partial charge >= 0.3 is 0 Å². The first kappa shape index (κ1) is 13.1. The molecule has 19 heavy (non-hydrogen) atoms. The number of aromatic nitrogens is 2. The number of amidine groups is 1. The van der Waals surface area contributed by atoms with Crippen LogP contribution in [0.15, 0.2) is 35.6 Å². The van der Waals surface area contributed by atoms with Crippen LogP contribution < -0.4 is 5.73 Å². The van der Waals surface area contributed by atoms with E-state index in [-0.39, 0.29) is 5.84 Å². The van der Waals surface area contributed by atoms with Gasteiger partial charge in [-0.15, -0.1) is 0 Å². The second-order valence-corrected chi connectivity index (χ2v) is 4.85. The Morgan fingerprint density at radius 1 is 1.37 bits per heavy atom. The average molecular weight is 258 g/mol. The molecule has 0 bridgehead atoms. The molecule has 1 heterocycles. The van der Waals surface area contributed by atoms with Crippen molar-refractivity contribution in [2.45, 2.75) is 26.7 Å². The van der Waals surface area contributed by atoms with Gasteiger partial charge in [-0.2, -0.15) is 5.10 Å². The van der Waals surface area contributed by atoms with Crippen molar-refractivity contribution in [3.8, 4) is 5.69 Å². The standard InChI is InChI=1S/C14H18N4O/c1-9(2)12-6-7-18(16-12)13-5-4-10(3)8-11(13)14(15)17-19/h4-9,19H,1-3H3,(H2,15,17). The lowest BCUT2D eigenvalue weighted by atomic mass is 10.1. The average Bonchev–Trinajstić information content (AvgIpc) is 2.87. The fourth-order valence-corrected chi connectivity index (χ4v) is 1.89. The Balaban J connectivity index is 2.54. The number of nitrogens with zero attached hydrogens (tertiary/aromatic N) is 3. The molecule has 0 unspecified atom stereocenters. The van der Waals surface area contributed by atoms with Crippen molar-refractivity contribution in [2.75, 3.05) is 0 Å². The first-order valence-corrected chi connectivity index (χ1v) is 6.17. The van der Waals surface area contributed by atoms with Gasteiger partial charge in [0.15, 0.2) is 5.84 Å². The largest absolute Gasteiger partial charge is 0.409 e. The first-order valence-electron chi connectivity index (χ1n) is 6.17. The van der Waals surface area contributed by atoms with Crippen LogP contribution in [0, 0.1) is 6.92 Å². The molecule has 1 aromatic carbocycles. The summed E-state index contributed by atoms with van der Waals surface area (Å²) in [4.78, 5) is 0. The molecule has 100 valence electrons. The van der Waals surface area contributed by atoms with E-state index in [0.29, 0.717) is 11.5 Å². The van der Waals surface area contributed by atoms with Crippen molar-refractivity contribution in [3.05, 3.63) is 47.3 Å². The lowest BCUT2D eigenvalue weighted by Gasteiger charge is -2.09. The molecular formula is C14H18N4O. The summed E-state index contributed by atoms with van der Waals surface area (Å²) >= 11 is 0. The highest BCUT2D eigenvalue weighted by Crippen LogP contribution is 2.18. The lowest BCUT2D eigenvalue weighted by Crippen LogP contribution is -2.17. The Kier molecular flexibility index (Phi) is 3.55. The zero-order chi connectivity index (χ0) is 14.0. The van der Waals surface area contributed by atoms with Crippen LogP contribution in [0.25, 0.3) is 5.69 Å². The van der Waals surface area contributed by atoms with Crippen LogP contribution in [0.5, 0.6) is 0 Å². The monoisotopic (exact) mass is 258 g/mol. The molecular weight excluding hydrogens is 240 g/mol. The van der Waals surface area contributed by atoms with Crippen molar-refractivity contribution >= 4 is 5.84 Å². The summed E-state index contributed by atoms with van der Waals surface area (Å²) in [5.41, 5.74) is 9.24. The molecule has 2 aromatic rings. The van der Waals surface area contributed by atoms with E-state index in [1.807, 2.05) is 37.4 Å². The zero-order valence-corrected chi connectivity index (χ0v) is 11.3. The summed E-state index contributed by atoms with van der Waals surface area (Å²) in [6.45, 7) is 6.14. The van der Waals surface area contributed by atoms with Gasteiger partial charge in [-0.05, 0) is 31.0 Å². The van der Waals surface area contributed by atoms with Gasteiger partial charge in [0.2, 0.25) is 0 Å². The summed E-state index contributed by atoms with van der Waals surface area (Å²) in [5.74, 6) is 0.444. The number of aryl methyl sites for hydroxylation is 1. The van der Waals surface area contributed by atoms with E-state index >= 15 is 0 Å². The van der Waals surface area contributed by atoms with E-state index in [2.05, 4.69) is 24.1 Å². The topological polar surface area (TPSA) is 76.4 Å². The highest BCUT2D eigenvalue weighted by Gasteiger charge is 2.11. The van der Waals surface area contributed by atoms with Crippen molar-refractivity contribution in [1.82, 2.24) is 9.78 Å². The molecule has 0 saturated carbocycles. The molecule has 5 heteroatoms. The Hall–Kier alpha value is -2.30. The molecule has 0 aliphatic carbocycles. The fraction of sp³-hybridized carbons (Fsp3) is 0.286. The SMILES string of the molecule is Cc1ccc(-n2ccc(C(C)C)n2)c(/C(N)=N/O)c1. The van der Waals surface area contributed by atoms with E-state index in [9.17, 15) is 0 Å². The fourth-order valence-electron chi connectivity index (χ4n) is 1.89. The molecule has 2 rings (SSSR count). The molecule has 0 aliphatic heterocycles. The molecule has 5 nitrogen and oxygen atoms in total. The third kappa shape index (κ3) is 2.59. The first-order chi connectivity index (χ1) is 9.02. The highest BCUT2D eigenvalue weighted by molar-refractivity contribution is 6.00.